The molecule has 2 aromatic rings. The number of fused-ring (bicyclic) bond motifs is 3. The van der Waals surface area contributed by atoms with Crippen LogP contribution in [0.4, 0.5) is 0 Å². The molecule has 0 aliphatic carbocycles. The number of nitrogens with zero attached hydrogens (tertiary/aromatic N) is 1. The topological polar surface area (TPSA) is 30.9 Å². The Morgan fingerprint density at radius 2 is 2.27 bits per heavy atom. The molecule has 1 aliphatic heterocycles. The third-order valence-electron chi connectivity index (χ3n) is 3.40. The van der Waals surface area contributed by atoms with E-state index in [1.54, 1.807) is 0 Å². The Morgan fingerprint density at radius 3 is 3.13 bits per heavy atom. The molecule has 1 atom stereocenters. The van der Waals surface area contributed by atoms with E-state index in [2.05, 4.69) is 35.8 Å². The van der Waals surface area contributed by atoms with Gasteiger partial charge in [0.25, 0.3) is 0 Å². The molecular formula is C13H16N2. The second-order valence-electron chi connectivity index (χ2n) is 4.56. The van der Waals surface area contributed by atoms with E-state index in [0.29, 0.717) is 6.04 Å². The van der Waals surface area contributed by atoms with Crippen LogP contribution >= 0.6 is 0 Å². The first-order chi connectivity index (χ1) is 7.25. The van der Waals surface area contributed by atoms with Crippen LogP contribution in [0.3, 0.4) is 0 Å². The summed E-state index contributed by atoms with van der Waals surface area (Å²) in [5, 5.41) is 1.36. The zero-order valence-electron chi connectivity index (χ0n) is 9.03. The van der Waals surface area contributed by atoms with Gasteiger partial charge in [0.05, 0.1) is 5.52 Å². The lowest BCUT2D eigenvalue weighted by Gasteiger charge is -2.22. The summed E-state index contributed by atoms with van der Waals surface area (Å²) < 4.78 is 2.40. The van der Waals surface area contributed by atoms with Crippen molar-refractivity contribution in [2.24, 2.45) is 5.73 Å². The van der Waals surface area contributed by atoms with Crippen molar-refractivity contribution < 1.29 is 0 Å². The summed E-state index contributed by atoms with van der Waals surface area (Å²) in [7, 11) is 0. The molecule has 2 nitrogen and oxygen atoms in total. The average molecular weight is 200 g/mol. The highest BCUT2D eigenvalue weighted by molar-refractivity contribution is 5.84. The first-order valence-electron chi connectivity index (χ1n) is 5.59. The number of nitrogens with two attached hydrogens (primary N) is 1. The van der Waals surface area contributed by atoms with Gasteiger partial charge in [0, 0.05) is 23.7 Å². The molecule has 0 radical (unpaired) electrons. The van der Waals surface area contributed by atoms with Crippen LogP contribution in [-0.4, -0.2) is 10.6 Å². The summed E-state index contributed by atoms with van der Waals surface area (Å²) in [6.45, 7) is 3.15. The molecule has 1 unspecified atom stereocenters. The second kappa shape index (κ2) is 3.11. The lowest BCUT2D eigenvalue weighted by atomic mass is 10.1. The van der Waals surface area contributed by atoms with E-state index < -0.39 is 0 Å². The Labute approximate surface area is 89.7 Å². The predicted molar refractivity (Wildman–Crippen MR) is 63.0 cm³/mol. The van der Waals surface area contributed by atoms with Crippen molar-refractivity contribution in [1.29, 1.82) is 0 Å². The highest BCUT2D eigenvalue weighted by Gasteiger charge is 2.18. The number of aryl methyl sites for hydroxylation is 2. The van der Waals surface area contributed by atoms with E-state index in [4.69, 9.17) is 5.73 Å². The Kier molecular flexibility index (Phi) is 1.86. The van der Waals surface area contributed by atoms with Crippen molar-refractivity contribution in [1.82, 2.24) is 4.57 Å². The Morgan fingerprint density at radius 1 is 1.40 bits per heavy atom. The van der Waals surface area contributed by atoms with Gasteiger partial charge in [-0.2, -0.15) is 0 Å². The quantitative estimate of drug-likeness (QED) is 0.694. The monoisotopic (exact) mass is 200 g/mol. The number of rotatable bonds is 0. The summed E-state index contributed by atoms with van der Waals surface area (Å²) in [6.07, 6.45) is 2.24. The van der Waals surface area contributed by atoms with Crippen molar-refractivity contribution in [2.45, 2.75) is 32.4 Å². The maximum absolute atomic E-state index is 6.03. The number of hydrogen-bond donors (Lipinski definition) is 1. The Balaban J connectivity index is 2.30. The zero-order valence-corrected chi connectivity index (χ0v) is 9.03. The first kappa shape index (κ1) is 8.98. The molecule has 2 heterocycles. The molecule has 0 bridgehead atoms. The summed E-state index contributed by atoms with van der Waals surface area (Å²) in [5.41, 5.74) is 10.2. The van der Waals surface area contributed by atoms with Gasteiger partial charge in [0.1, 0.15) is 0 Å². The molecule has 2 heteroatoms. The van der Waals surface area contributed by atoms with Gasteiger partial charge in [-0.25, -0.2) is 0 Å². The molecule has 0 amide bonds. The van der Waals surface area contributed by atoms with Crippen molar-refractivity contribution >= 4 is 10.9 Å². The van der Waals surface area contributed by atoms with Gasteiger partial charge < -0.3 is 10.3 Å². The number of para-hydroxylation sites is 1. The molecule has 15 heavy (non-hydrogen) atoms. The summed E-state index contributed by atoms with van der Waals surface area (Å²) in [4.78, 5) is 0. The summed E-state index contributed by atoms with van der Waals surface area (Å²) in [5.74, 6) is 0. The molecule has 0 saturated heterocycles. The van der Waals surface area contributed by atoms with Crippen LogP contribution in [0.1, 0.15) is 17.7 Å². The number of aromatic nitrogens is 1. The maximum Gasteiger partial charge on any atom is 0.0512 e. The normalized spacial score (nSPS) is 20.5. The third-order valence-corrected chi connectivity index (χ3v) is 3.40. The molecule has 1 aliphatic rings. The van der Waals surface area contributed by atoms with E-state index in [0.717, 1.165) is 19.4 Å². The van der Waals surface area contributed by atoms with Crippen LogP contribution < -0.4 is 5.73 Å². The molecule has 2 N–H and O–H groups in total. The minimum atomic E-state index is 0.327. The van der Waals surface area contributed by atoms with E-state index in [1.165, 1.54) is 22.2 Å². The molecule has 78 valence electrons. The van der Waals surface area contributed by atoms with Gasteiger partial charge in [0.15, 0.2) is 0 Å². The van der Waals surface area contributed by atoms with Crippen molar-refractivity contribution in [3.05, 3.63) is 35.5 Å². The second-order valence-corrected chi connectivity index (χ2v) is 4.56. The molecule has 1 aromatic carbocycles. The fraction of sp³-hybridized carbons (Fsp3) is 0.385. The lowest BCUT2D eigenvalue weighted by molar-refractivity contribution is 0.469. The number of benzene rings is 1. The molecule has 0 saturated carbocycles. The minimum Gasteiger partial charge on any atom is -0.343 e. The van der Waals surface area contributed by atoms with E-state index in [9.17, 15) is 0 Å². The van der Waals surface area contributed by atoms with Crippen LogP contribution in [0.25, 0.3) is 10.9 Å². The van der Waals surface area contributed by atoms with Crippen molar-refractivity contribution in [2.75, 3.05) is 0 Å². The molecule has 0 spiro atoms. The molecule has 0 fully saturated rings. The van der Waals surface area contributed by atoms with Crippen molar-refractivity contribution in [3.8, 4) is 0 Å². The summed E-state index contributed by atoms with van der Waals surface area (Å²) >= 11 is 0. The minimum absolute atomic E-state index is 0.327. The van der Waals surface area contributed by atoms with Crippen LogP contribution in [-0.2, 0) is 13.0 Å². The average Bonchev–Trinajstić information content (AvgIpc) is 2.57. The molecule has 1 aromatic heterocycles. The lowest BCUT2D eigenvalue weighted by Crippen LogP contribution is -2.31. The van der Waals surface area contributed by atoms with Gasteiger partial charge in [0.2, 0.25) is 0 Å². The standard InChI is InChI=1S/C13H16N2/c1-9-3-2-4-10-7-12-6-5-11(14)8-15(12)13(9)10/h2-4,7,11H,5-6,8,14H2,1H3. The highest BCUT2D eigenvalue weighted by Crippen LogP contribution is 2.27. The fourth-order valence-electron chi connectivity index (χ4n) is 2.64. The first-order valence-corrected chi connectivity index (χ1v) is 5.59. The number of hydrogen-bond acceptors (Lipinski definition) is 1. The Bertz CT molecular complexity index is 510. The van der Waals surface area contributed by atoms with Crippen LogP contribution in [0.15, 0.2) is 24.3 Å². The zero-order chi connectivity index (χ0) is 10.4. The SMILES string of the molecule is Cc1cccc2cc3n(c12)CC(N)CC3. The maximum atomic E-state index is 6.03. The van der Waals surface area contributed by atoms with Crippen LogP contribution in [0.5, 0.6) is 0 Å². The van der Waals surface area contributed by atoms with E-state index >= 15 is 0 Å². The highest BCUT2D eigenvalue weighted by atomic mass is 15.0. The summed E-state index contributed by atoms with van der Waals surface area (Å²) in [6, 6.07) is 9.14. The predicted octanol–water partition coefficient (Wildman–Crippen LogP) is 2.22. The smallest absolute Gasteiger partial charge is 0.0512 e. The van der Waals surface area contributed by atoms with E-state index in [-0.39, 0.29) is 0 Å². The van der Waals surface area contributed by atoms with Crippen LogP contribution in [0, 0.1) is 6.92 Å². The van der Waals surface area contributed by atoms with Gasteiger partial charge in [-0.1, -0.05) is 18.2 Å². The van der Waals surface area contributed by atoms with Gasteiger partial charge >= 0.3 is 0 Å². The van der Waals surface area contributed by atoms with Gasteiger partial charge in [-0.15, -0.1) is 0 Å². The van der Waals surface area contributed by atoms with E-state index in [1.807, 2.05) is 0 Å². The van der Waals surface area contributed by atoms with Gasteiger partial charge in [-0.3, -0.25) is 0 Å². The molecular weight excluding hydrogens is 184 g/mol. The van der Waals surface area contributed by atoms with Crippen molar-refractivity contribution in [3.63, 3.8) is 0 Å². The molecule has 3 rings (SSSR count). The van der Waals surface area contributed by atoms with Crippen LogP contribution in [0.2, 0.25) is 0 Å². The fourth-order valence-corrected chi connectivity index (χ4v) is 2.64. The Hall–Kier alpha value is -1.28. The van der Waals surface area contributed by atoms with Gasteiger partial charge in [-0.05, 0) is 31.4 Å². The third kappa shape index (κ3) is 1.29. The largest absolute Gasteiger partial charge is 0.343 e.